The van der Waals surface area contributed by atoms with Crippen LogP contribution in [-0.2, 0) is 4.79 Å². The maximum Gasteiger partial charge on any atom is 0.236 e. The predicted octanol–water partition coefficient (Wildman–Crippen LogP) is 4.18. The number of thiazole rings is 1. The van der Waals surface area contributed by atoms with Crippen molar-refractivity contribution in [2.75, 3.05) is 17.3 Å². The lowest BCUT2D eigenvalue weighted by atomic mass is 10.1. The zero-order valence-electron chi connectivity index (χ0n) is 10.6. The Bertz CT molecular complexity index is 581. The maximum atomic E-state index is 11.5. The van der Waals surface area contributed by atoms with Gasteiger partial charge < -0.3 is 5.32 Å². The summed E-state index contributed by atoms with van der Waals surface area (Å²) in [6.07, 6.45) is 1.90. The average molecular weight is 357 g/mol. The second-order valence-corrected chi connectivity index (χ2v) is 6.90. The Morgan fingerprint density at radius 1 is 1.42 bits per heavy atom. The molecule has 0 fully saturated rings. The molecule has 0 saturated carbocycles. The van der Waals surface area contributed by atoms with E-state index in [9.17, 15) is 4.79 Å². The number of hydrogen-bond acceptors (Lipinski definition) is 4. The summed E-state index contributed by atoms with van der Waals surface area (Å²) in [7, 11) is 0. The molecule has 1 aromatic carbocycles. The van der Waals surface area contributed by atoms with Gasteiger partial charge in [-0.3, -0.25) is 4.79 Å². The highest BCUT2D eigenvalue weighted by molar-refractivity contribution is 9.10. The van der Waals surface area contributed by atoms with Crippen LogP contribution in [0.4, 0.5) is 5.13 Å². The molecule has 19 heavy (non-hydrogen) atoms. The van der Waals surface area contributed by atoms with Crippen molar-refractivity contribution in [1.82, 2.24) is 4.98 Å². The molecule has 0 bridgehead atoms. The third kappa shape index (κ3) is 3.81. The number of amides is 1. The smallest absolute Gasteiger partial charge is 0.236 e. The van der Waals surface area contributed by atoms with Crippen LogP contribution in [0.2, 0.25) is 0 Å². The minimum atomic E-state index is -0.0105. The van der Waals surface area contributed by atoms with Crippen LogP contribution in [0.15, 0.2) is 28.7 Å². The summed E-state index contributed by atoms with van der Waals surface area (Å²) in [5, 5.41) is 3.49. The van der Waals surface area contributed by atoms with Crippen molar-refractivity contribution in [2.24, 2.45) is 0 Å². The number of aromatic nitrogens is 1. The summed E-state index contributed by atoms with van der Waals surface area (Å²) in [6, 6.07) is 8.00. The molecule has 1 amide bonds. The van der Waals surface area contributed by atoms with Crippen LogP contribution in [0.3, 0.4) is 0 Å². The number of nitrogens with one attached hydrogen (secondary N) is 1. The monoisotopic (exact) mass is 356 g/mol. The second kappa shape index (κ2) is 6.54. The number of aryl methyl sites for hydroxylation is 1. The van der Waals surface area contributed by atoms with Crippen LogP contribution < -0.4 is 5.32 Å². The van der Waals surface area contributed by atoms with E-state index in [4.69, 9.17) is 0 Å². The van der Waals surface area contributed by atoms with Gasteiger partial charge in [0.15, 0.2) is 5.13 Å². The molecule has 0 saturated heterocycles. The van der Waals surface area contributed by atoms with Crippen molar-refractivity contribution < 1.29 is 4.79 Å². The third-order valence-corrected chi connectivity index (χ3v) is 4.40. The first-order valence-electron chi connectivity index (χ1n) is 5.62. The van der Waals surface area contributed by atoms with E-state index < -0.39 is 0 Å². The second-order valence-electron chi connectivity index (χ2n) is 3.91. The molecule has 100 valence electrons. The number of rotatable bonds is 4. The highest BCUT2D eigenvalue weighted by Crippen LogP contribution is 2.31. The van der Waals surface area contributed by atoms with Crippen molar-refractivity contribution in [3.8, 4) is 11.3 Å². The minimum absolute atomic E-state index is 0.0105. The zero-order valence-corrected chi connectivity index (χ0v) is 13.8. The van der Waals surface area contributed by atoms with Gasteiger partial charge in [0, 0.05) is 14.9 Å². The molecule has 2 rings (SSSR count). The molecular formula is C13H13BrN2OS2. The first kappa shape index (κ1) is 14.6. The Labute approximate surface area is 129 Å². The molecule has 0 aliphatic heterocycles. The first-order chi connectivity index (χ1) is 9.10. The van der Waals surface area contributed by atoms with Gasteiger partial charge in [-0.05, 0) is 25.3 Å². The van der Waals surface area contributed by atoms with Crippen molar-refractivity contribution in [2.45, 2.75) is 6.92 Å². The molecule has 2 aromatic rings. The fourth-order valence-electron chi connectivity index (χ4n) is 1.61. The van der Waals surface area contributed by atoms with Gasteiger partial charge in [-0.25, -0.2) is 4.98 Å². The number of nitrogens with zero attached hydrogens (tertiary/aromatic N) is 1. The summed E-state index contributed by atoms with van der Waals surface area (Å²) >= 11 is 6.42. The first-order valence-corrected chi connectivity index (χ1v) is 8.62. The van der Waals surface area contributed by atoms with Crippen molar-refractivity contribution >= 4 is 50.1 Å². The Balaban J connectivity index is 2.21. The van der Waals surface area contributed by atoms with E-state index in [1.54, 1.807) is 0 Å². The number of halogens is 1. The van der Waals surface area contributed by atoms with Crippen LogP contribution in [0.5, 0.6) is 0 Å². The van der Waals surface area contributed by atoms with Crippen molar-refractivity contribution in [3.63, 3.8) is 0 Å². The van der Waals surface area contributed by atoms with E-state index in [1.165, 1.54) is 23.1 Å². The Morgan fingerprint density at radius 3 is 2.74 bits per heavy atom. The minimum Gasteiger partial charge on any atom is -0.301 e. The molecule has 1 aromatic heterocycles. The maximum absolute atomic E-state index is 11.5. The molecule has 0 aliphatic carbocycles. The summed E-state index contributed by atoms with van der Waals surface area (Å²) in [5.74, 6) is 0.440. The lowest BCUT2D eigenvalue weighted by molar-refractivity contribution is -0.113. The van der Waals surface area contributed by atoms with Crippen LogP contribution in [0.1, 0.15) is 4.88 Å². The molecule has 1 heterocycles. The van der Waals surface area contributed by atoms with Gasteiger partial charge in [0.05, 0.1) is 11.4 Å². The van der Waals surface area contributed by atoms with Crippen LogP contribution >= 0.6 is 39.0 Å². The quantitative estimate of drug-likeness (QED) is 0.893. The molecule has 0 atom stereocenters. The van der Waals surface area contributed by atoms with Gasteiger partial charge in [0.25, 0.3) is 0 Å². The summed E-state index contributed by atoms with van der Waals surface area (Å²) < 4.78 is 1.04. The van der Waals surface area contributed by atoms with Crippen LogP contribution in [-0.4, -0.2) is 22.9 Å². The molecule has 1 N–H and O–H groups in total. The van der Waals surface area contributed by atoms with Crippen LogP contribution in [0.25, 0.3) is 11.3 Å². The van der Waals surface area contributed by atoms with Gasteiger partial charge in [-0.2, -0.15) is 11.8 Å². The van der Waals surface area contributed by atoms with Crippen LogP contribution in [0, 0.1) is 6.92 Å². The number of carbonyl (C=O) groups is 1. The lowest BCUT2D eigenvalue weighted by Crippen LogP contribution is -2.13. The van der Waals surface area contributed by atoms with E-state index in [0.29, 0.717) is 10.9 Å². The molecule has 0 aliphatic rings. The van der Waals surface area contributed by atoms with Crippen molar-refractivity contribution in [3.05, 3.63) is 33.6 Å². The Kier molecular flexibility index (Phi) is 5.01. The van der Waals surface area contributed by atoms with E-state index in [-0.39, 0.29) is 5.91 Å². The number of thioether (sulfide) groups is 1. The summed E-state index contributed by atoms with van der Waals surface area (Å²) in [5.41, 5.74) is 1.99. The van der Waals surface area contributed by atoms with Gasteiger partial charge in [-0.1, -0.05) is 28.1 Å². The molecular weight excluding hydrogens is 344 g/mol. The number of anilines is 1. The van der Waals surface area contributed by atoms with Gasteiger partial charge in [0.1, 0.15) is 0 Å². The normalized spacial score (nSPS) is 10.5. The van der Waals surface area contributed by atoms with Crippen molar-refractivity contribution in [1.29, 1.82) is 0 Å². The highest BCUT2D eigenvalue weighted by atomic mass is 79.9. The standard InChI is InChI=1S/C13H13BrN2OS2/c1-8-12(9-3-5-10(14)6-4-9)16-13(19-8)15-11(17)7-18-2/h3-6H,7H2,1-2H3,(H,15,16,17). The average Bonchev–Trinajstić information content (AvgIpc) is 2.71. The van der Waals surface area contributed by atoms with Gasteiger partial charge >= 0.3 is 0 Å². The molecule has 6 heteroatoms. The third-order valence-electron chi connectivity index (χ3n) is 2.44. The van der Waals surface area contributed by atoms with E-state index in [2.05, 4.69) is 26.2 Å². The largest absolute Gasteiger partial charge is 0.301 e. The summed E-state index contributed by atoms with van der Waals surface area (Å²) in [4.78, 5) is 17.1. The van der Waals surface area contributed by atoms with E-state index in [1.807, 2.05) is 37.4 Å². The fraction of sp³-hybridized carbons (Fsp3) is 0.231. The predicted molar refractivity (Wildman–Crippen MR) is 87.0 cm³/mol. The van der Waals surface area contributed by atoms with Gasteiger partial charge in [-0.15, -0.1) is 11.3 Å². The zero-order chi connectivity index (χ0) is 13.8. The van der Waals surface area contributed by atoms with E-state index in [0.717, 1.165) is 20.6 Å². The molecule has 0 radical (unpaired) electrons. The lowest BCUT2D eigenvalue weighted by Gasteiger charge is -1.99. The number of carbonyl (C=O) groups excluding carboxylic acids is 1. The molecule has 3 nitrogen and oxygen atoms in total. The van der Waals surface area contributed by atoms with E-state index >= 15 is 0 Å². The molecule has 0 unspecified atom stereocenters. The topological polar surface area (TPSA) is 42.0 Å². The highest BCUT2D eigenvalue weighted by Gasteiger charge is 2.11. The Hall–Kier alpha value is -0.850. The van der Waals surface area contributed by atoms with Gasteiger partial charge in [0.2, 0.25) is 5.91 Å². The number of benzene rings is 1. The number of hydrogen-bond donors (Lipinski definition) is 1. The molecule has 0 spiro atoms. The summed E-state index contributed by atoms with van der Waals surface area (Å²) in [6.45, 7) is 2.01. The Morgan fingerprint density at radius 2 is 2.11 bits per heavy atom. The SMILES string of the molecule is CSCC(=O)Nc1nc(-c2ccc(Br)cc2)c(C)s1. The fourth-order valence-corrected chi connectivity index (χ4v) is 3.06.